The Morgan fingerprint density at radius 1 is 0.467 bits per heavy atom. The second-order valence-corrected chi connectivity index (χ2v) is 14.2. The van der Waals surface area contributed by atoms with E-state index in [-0.39, 0.29) is 12.1 Å². The molecule has 0 fully saturated rings. The molecule has 0 saturated carbocycles. The SMILES string of the molecule is CCCCCCCCCCCCCCCCCC(=O)OC(COCCCCCCCCCCCCCC)C[N+](CC)(CC)CC. The van der Waals surface area contributed by atoms with Crippen LogP contribution in [0.1, 0.15) is 214 Å². The Morgan fingerprint density at radius 3 is 1.16 bits per heavy atom. The number of nitrogens with zero attached hydrogens (tertiary/aromatic N) is 1. The van der Waals surface area contributed by atoms with Crippen molar-refractivity contribution in [1.29, 1.82) is 0 Å². The lowest BCUT2D eigenvalue weighted by atomic mass is 10.0. The van der Waals surface area contributed by atoms with Gasteiger partial charge in [-0.05, 0) is 33.6 Å². The maximum Gasteiger partial charge on any atom is 0.306 e. The van der Waals surface area contributed by atoms with Crippen LogP contribution in [0, 0.1) is 0 Å². The molecule has 0 N–H and O–H groups in total. The molecule has 0 aromatic carbocycles. The van der Waals surface area contributed by atoms with Crippen LogP contribution in [0.4, 0.5) is 0 Å². The van der Waals surface area contributed by atoms with Gasteiger partial charge in [-0.25, -0.2) is 0 Å². The summed E-state index contributed by atoms with van der Waals surface area (Å²) in [6.07, 6.45) is 36.8. The second kappa shape index (κ2) is 34.7. The summed E-state index contributed by atoms with van der Waals surface area (Å²) < 4.78 is 13.2. The fourth-order valence-electron chi connectivity index (χ4n) is 6.76. The fourth-order valence-corrected chi connectivity index (χ4v) is 6.76. The largest absolute Gasteiger partial charge is 0.454 e. The zero-order valence-corrected chi connectivity index (χ0v) is 31.8. The van der Waals surface area contributed by atoms with Gasteiger partial charge in [-0.15, -0.1) is 0 Å². The first-order valence-corrected chi connectivity index (χ1v) is 20.7. The first kappa shape index (κ1) is 44.4. The van der Waals surface area contributed by atoms with Gasteiger partial charge in [-0.1, -0.05) is 174 Å². The lowest BCUT2D eigenvalue weighted by Crippen LogP contribution is -2.53. The van der Waals surface area contributed by atoms with Crippen LogP contribution in [-0.4, -0.2) is 55.9 Å². The third-order valence-electron chi connectivity index (χ3n) is 10.3. The molecular formula is C41H84NO3+. The minimum absolute atomic E-state index is 0.0231. The van der Waals surface area contributed by atoms with Crippen LogP contribution >= 0.6 is 0 Å². The Kier molecular flexibility index (Phi) is 34.2. The molecule has 0 bridgehead atoms. The molecule has 4 heteroatoms. The van der Waals surface area contributed by atoms with Crippen molar-refractivity contribution in [1.82, 2.24) is 0 Å². The highest BCUT2D eigenvalue weighted by molar-refractivity contribution is 5.69. The Labute approximate surface area is 284 Å². The number of ether oxygens (including phenoxy) is 2. The first-order chi connectivity index (χ1) is 22.1. The summed E-state index contributed by atoms with van der Waals surface area (Å²) in [6.45, 7) is 16.8. The summed E-state index contributed by atoms with van der Waals surface area (Å²) in [5.74, 6) is -0.0231. The van der Waals surface area contributed by atoms with E-state index in [0.29, 0.717) is 13.0 Å². The molecule has 0 aromatic heterocycles. The molecule has 0 radical (unpaired) electrons. The number of carbonyl (C=O) groups is 1. The molecule has 1 unspecified atom stereocenters. The van der Waals surface area contributed by atoms with Crippen molar-refractivity contribution in [2.75, 3.05) is 39.4 Å². The van der Waals surface area contributed by atoms with E-state index in [1.165, 1.54) is 154 Å². The van der Waals surface area contributed by atoms with E-state index in [4.69, 9.17) is 9.47 Å². The lowest BCUT2D eigenvalue weighted by molar-refractivity contribution is -0.925. The van der Waals surface area contributed by atoms with Crippen LogP contribution < -0.4 is 0 Å². The van der Waals surface area contributed by atoms with Crippen LogP contribution in [0.25, 0.3) is 0 Å². The molecule has 45 heavy (non-hydrogen) atoms. The van der Waals surface area contributed by atoms with Gasteiger partial charge < -0.3 is 14.0 Å². The Morgan fingerprint density at radius 2 is 0.800 bits per heavy atom. The topological polar surface area (TPSA) is 35.5 Å². The van der Waals surface area contributed by atoms with E-state index in [0.717, 1.165) is 56.5 Å². The van der Waals surface area contributed by atoms with Crippen LogP contribution in [0.2, 0.25) is 0 Å². The molecule has 0 rings (SSSR count). The number of esters is 1. The van der Waals surface area contributed by atoms with Gasteiger partial charge in [0.1, 0.15) is 6.54 Å². The van der Waals surface area contributed by atoms with Crippen LogP contribution in [-0.2, 0) is 14.3 Å². The standard InChI is InChI=1S/C41H84NO3/c1-6-11-13-15-17-19-21-23-24-25-26-28-30-32-34-36-41(43)45-40(38-42(8-3,9-4)10-5)39-44-37-35-33-31-29-27-22-20-18-16-14-12-7-2/h40H,6-39H2,1-5H3/q+1. The van der Waals surface area contributed by atoms with E-state index in [9.17, 15) is 4.79 Å². The lowest BCUT2D eigenvalue weighted by Gasteiger charge is -2.38. The van der Waals surface area contributed by atoms with Crippen molar-refractivity contribution in [2.24, 2.45) is 0 Å². The van der Waals surface area contributed by atoms with Gasteiger partial charge in [-0.3, -0.25) is 4.79 Å². The second-order valence-electron chi connectivity index (χ2n) is 14.2. The van der Waals surface area contributed by atoms with Gasteiger partial charge in [0.05, 0.1) is 26.2 Å². The maximum absolute atomic E-state index is 12.8. The summed E-state index contributed by atoms with van der Waals surface area (Å²) in [5, 5.41) is 0. The molecule has 270 valence electrons. The zero-order chi connectivity index (χ0) is 33.1. The number of carbonyl (C=O) groups excluding carboxylic acids is 1. The summed E-state index contributed by atoms with van der Waals surface area (Å²) in [4.78, 5) is 12.8. The van der Waals surface area contributed by atoms with Crippen molar-refractivity contribution in [3.05, 3.63) is 0 Å². The molecule has 0 aliphatic carbocycles. The quantitative estimate of drug-likeness (QED) is 0.0386. The molecule has 4 nitrogen and oxygen atoms in total. The summed E-state index contributed by atoms with van der Waals surface area (Å²) in [5.41, 5.74) is 0. The third kappa shape index (κ3) is 29.3. The minimum Gasteiger partial charge on any atom is -0.454 e. The van der Waals surface area contributed by atoms with Crippen molar-refractivity contribution < 1.29 is 18.8 Å². The van der Waals surface area contributed by atoms with Gasteiger partial charge in [0.25, 0.3) is 0 Å². The average Bonchev–Trinajstić information content (AvgIpc) is 3.05. The Bertz CT molecular complexity index is 583. The highest BCUT2D eigenvalue weighted by Crippen LogP contribution is 2.16. The van der Waals surface area contributed by atoms with E-state index in [1.54, 1.807) is 0 Å². The highest BCUT2D eigenvalue weighted by atomic mass is 16.6. The van der Waals surface area contributed by atoms with Gasteiger partial charge in [-0.2, -0.15) is 0 Å². The Hall–Kier alpha value is -0.610. The molecular weight excluding hydrogens is 554 g/mol. The molecule has 0 spiro atoms. The van der Waals surface area contributed by atoms with E-state index < -0.39 is 0 Å². The van der Waals surface area contributed by atoms with Crippen LogP contribution in [0.15, 0.2) is 0 Å². The van der Waals surface area contributed by atoms with Crippen molar-refractivity contribution in [3.63, 3.8) is 0 Å². The van der Waals surface area contributed by atoms with Gasteiger partial charge in [0.15, 0.2) is 6.10 Å². The predicted octanol–water partition coefficient (Wildman–Crippen LogP) is 12.8. The van der Waals surface area contributed by atoms with E-state index in [1.807, 2.05) is 0 Å². The zero-order valence-electron chi connectivity index (χ0n) is 31.8. The van der Waals surface area contributed by atoms with Gasteiger partial charge in [0, 0.05) is 13.0 Å². The number of rotatable bonds is 37. The number of unbranched alkanes of at least 4 members (excludes halogenated alkanes) is 25. The number of hydrogen-bond acceptors (Lipinski definition) is 3. The van der Waals surface area contributed by atoms with Crippen molar-refractivity contribution in [3.8, 4) is 0 Å². The number of hydrogen-bond donors (Lipinski definition) is 0. The fraction of sp³-hybridized carbons (Fsp3) is 0.976. The first-order valence-electron chi connectivity index (χ1n) is 20.7. The summed E-state index contributed by atoms with van der Waals surface area (Å²) in [7, 11) is 0. The molecule has 1 atom stereocenters. The predicted molar refractivity (Wildman–Crippen MR) is 198 cm³/mol. The summed E-state index contributed by atoms with van der Waals surface area (Å²) >= 11 is 0. The molecule has 0 aliphatic heterocycles. The minimum atomic E-state index is -0.133. The van der Waals surface area contributed by atoms with E-state index >= 15 is 0 Å². The monoisotopic (exact) mass is 639 g/mol. The Balaban J connectivity index is 4.03. The highest BCUT2D eigenvalue weighted by Gasteiger charge is 2.28. The molecule has 0 saturated heterocycles. The van der Waals surface area contributed by atoms with E-state index in [2.05, 4.69) is 34.6 Å². The number of likely N-dealkylation sites (N-methyl/N-ethyl adjacent to an activating group) is 1. The average molecular weight is 639 g/mol. The maximum atomic E-state index is 12.8. The van der Waals surface area contributed by atoms with Crippen molar-refractivity contribution >= 4 is 5.97 Å². The molecule has 0 aromatic rings. The molecule has 0 amide bonds. The van der Waals surface area contributed by atoms with Gasteiger partial charge in [0.2, 0.25) is 0 Å². The normalized spacial score (nSPS) is 12.6. The van der Waals surface area contributed by atoms with Crippen LogP contribution in [0.3, 0.4) is 0 Å². The molecule has 0 heterocycles. The smallest absolute Gasteiger partial charge is 0.306 e. The third-order valence-corrected chi connectivity index (χ3v) is 10.3. The van der Waals surface area contributed by atoms with Crippen LogP contribution in [0.5, 0.6) is 0 Å². The number of quaternary nitrogens is 1. The molecule has 0 aliphatic rings. The van der Waals surface area contributed by atoms with Crippen molar-refractivity contribution in [2.45, 2.75) is 221 Å². The summed E-state index contributed by atoms with van der Waals surface area (Å²) in [6, 6.07) is 0. The van der Waals surface area contributed by atoms with Gasteiger partial charge >= 0.3 is 5.97 Å².